The van der Waals surface area contributed by atoms with Crippen molar-refractivity contribution in [2.24, 2.45) is 5.41 Å². The van der Waals surface area contributed by atoms with Crippen LogP contribution in [0.4, 0.5) is 0 Å². The number of likely N-dealkylation sites (tertiary alicyclic amines) is 1. The van der Waals surface area contributed by atoms with E-state index in [1.165, 1.54) is 19.3 Å². The molecule has 1 saturated heterocycles. The predicted octanol–water partition coefficient (Wildman–Crippen LogP) is 0.806. The van der Waals surface area contributed by atoms with Crippen molar-refractivity contribution in [1.29, 1.82) is 0 Å². The van der Waals surface area contributed by atoms with Crippen LogP contribution in [0.15, 0.2) is 18.5 Å². The first-order valence-electron chi connectivity index (χ1n) is 8.69. The maximum Gasteiger partial charge on any atom is 0.221 e. The van der Waals surface area contributed by atoms with Crippen LogP contribution in [-0.4, -0.2) is 71.8 Å². The fraction of sp³-hybridized carbons (Fsp3) is 0.765. The van der Waals surface area contributed by atoms with Crippen molar-refractivity contribution in [1.82, 2.24) is 24.9 Å². The van der Waals surface area contributed by atoms with Crippen molar-refractivity contribution < 1.29 is 4.79 Å². The van der Waals surface area contributed by atoms with E-state index in [-0.39, 0.29) is 11.3 Å². The molecule has 1 aliphatic heterocycles. The summed E-state index contributed by atoms with van der Waals surface area (Å²) in [6.45, 7) is 4.81. The summed E-state index contributed by atoms with van der Waals surface area (Å²) in [5, 5.41) is 7.41. The molecule has 0 bridgehead atoms. The molecule has 0 spiro atoms. The fourth-order valence-corrected chi connectivity index (χ4v) is 3.41. The summed E-state index contributed by atoms with van der Waals surface area (Å²) >= 11 is 0. The molecular weight excluding hydrogens is 290 g/mol. The Morgan fingerprint density at radius 1 is 1.48 bits per heavy atom. The highest BCUT2D eigenvalue weighted by Gasteiger charge is 2.43. The van der Waals surface area contributed by atoms with E-state index in [4.69, 9.17) is 0 Å². The lowest BCUT2D eigenvalue weighted by Gasteiger charge is -2.24. The molecule has 1 aromatic rings. The number of hydrogen-bond acceptors (Lipinski definition) is 4. The molecule has 6 nitrogen and oxygen atoms in total. The van der Waals surface area contributed by atoms with Crippen LogP contribution in [0, 0.1) is 5.41 Å². The first-order valence-corrected chi connectivity index (χ1v) is 8.69. The molecule has 1 amide bonds. The zero-order valence-corrected chi connectivity index (χ0v) is 14.4. The van der Waals surface area contributed by atoms with E-state index < -0.39 is 0 Å². The number of rotatable bonds is 8. The molecule has 1 aromatic heterocycles. The van der Waals surface area contributed by atoms with Crippen molar-refractivity contribution in [3.05, 3.63) is 18.5 Å². The van der Waals surface area contributed by atoms with Crippen LogP contribution in [-0.2, 0) is 11.3 Å². The van der Waals surface area contributed by atoms with Gasteiger partial charge in [0, 0.05) is 56.5 Å². The second-order valence-electron chi connectivity index (χ2n) is 7.42. The quantitative estimate of drug-likeness (QED) is 0.770. The van der Waals surface area contributed by atoms with E-state index in [0.717, 1.165) is 32.7 Å². The Hall–Kier alpha value is -1.40. The highest BCUT2D eigenvalue weighted by atomic mass is 16.1. The molecule has 2 heterocycles. The van der Waals surface area contributed by atoms with Gasteiger partial charge in [0.2, 0.25) is 5.91 Å². The van der Waals surface area contributed by atoms with Gasteiger partial charge in [-0.15, -0.1) is 0 Å². The Bertz CT molecular complexity index is 511. The molecule has 6 heteroatoms. The van der Waals surface area contributed by atoms with Gasteiger partial charge in [-0.25, -0.2) is 0 Å². The van der Waals surface area contributed by atoms with Gasteiger partial charge >= 0.3 is 0 Å². The minimum absolute atomic E-state index is 0.176. The minimum atomic E-state index is 0.176. The fourth-order valence-electron chi connectivity index (χ4n) is 3.41. The Kier molecular flexibility index (Phi) is 5.02. The van der Waals surface area contributed by atoms with E-state index in [9.17, 15) is 4.79 Å². The molecule has 0 radical (unpaired) electrons. The van der Waals surface area contributed by atoms with Crippen LogP contribution >= 0.6 is 0 Å². The molecule has 1 aliphatic carbocycles. The van der Waals surface area contributed by atoms with E-state index in [2.05, 4.69) is 34.3 Å². The van der Waals surface area contributed by atoms with Gasteiger partial charge < -0.3 is 15.1 Å². The molecule has 0 aromatic carbocycles. The standard InChI is InChI=1S/C17H29N5O/c1-20-10-4-15(12-20)21(2)11-5-16(23)18-13-17(6-7-17)14-22-9-3-8-19-22/h3,8-9,15H,4-7,10-14H2,1-2H3,(H,18,23)/t15-/m1/s1. The highest BCUT2D eigenvalue weighted by molar-refractivity contribution is 5.76. The second-order valence-corrected chi connectivity index (χ2v) is 7.42. The minimum Gasteiger partial charge on any atom is -0.355 e. The third-order valence-electron chi connectivity index (χ3n) is 5.36. The van der Waals surface area contributed by atoms with E-state index >= 15 is 0 Å². The van der Waals surface area contributed by atoms with E-state index in [1.54, 1.807) is 0 Å². The average Bonchev–Trinajstić information content (AvgIpc) is 2.90. The van der Waals surface area contributed by atoms with Gasteiger partial charge in [0.1, 0.15) is 0 Å². The Balaban J connectivity index is 1.35. The van der Waals surface area contributed by atoms with Crippen molar-refractivity contribution >= 4 is 5.91 Å². The zero-order valence-electron chi connectivity index (χ0n) is 14.4. The van der Waals surface area contributed by atoms with Crippen LogP contribution in [0.5, 0.6) is 0 Å². The third-order valence-corrected chi connectivity index (χ3v) is 5.36. The van der Waals surface area contributed by atoms with Crippen LogP contribution < -0.4 is 5.32 Å². The van der Waals surface area contributed by atoms with E-state index in [0.29, 0.717) is 12.5 Å². The summed E-state index contributed by atoms with van der Waals surface area (Å²) in [4.78, 5) is 16.8. The lowest BCUT2D eigenvalue weighted by molar-refractivity contribution is -0.121. The topological polar surface area (TPSA) is 53.4 Å². The largest absolute Gasteiger partial charge is 0.355 e. The van der Waals surface area contributed by atoms with Gasteiger partial charge in [-0.2, -0.15) is 5.10 Å². The predicted molar refractivity (Wildman–Crippen MR) is 90.1 cm³/mol. The van der Waals surface area contributed by atoms with Crippen molar-refractivity contribution in [3.8, 4) is 0 Å². The molecule has 128 valence electrons. The SMILES string of the molecule is CN1CC[C@@H](N(C)CCC(=O)NCC2(Cn3cccn3)CC2)C1. The number of amides is 1. The average molecular weight is 319 g/mol. The van der Waals surface area contributed by atoms with Gasteiger partial charge in [0.05, 0.1) is 0 Å². The normalized spacial score (nSPS) is 23.3. The number of carbonyl (C=O) groups excluding carboxylic acids is 1. The number of nitrogens with zero attached hydrogens (tertiary/aromatic N) is 4. The molecule has 1 N–H and O–H groups in total. The Labute approximate surface area is 138 Å². The second kappa shape index (κ2) is 7.01. The van der Waals surface area contributed by atoms with Gasteiger partial charge in [-0.1, -0.05) is 0 Å². The lowest BCUT2D eigenvalue weighted by Crippen LogP contribution is -2.38. The summed E-state index contributed by atoms with van der Waals surface area (Å²) in [5.74, 6) is 0.176. The molecule has 3 rings (SSSR count). The molecule has 23 heavy (non-hydrogen) atoms. The van der Waals surface area contributed by atoms with Crippen molar-refractivity contribution in [3.63, 3.8) is 0 Å². The molecule has 2 aliphatic rings. The molecule has 1 saturated carbocycles. The van der Waals surface area contributed by atoms with E-state index in [1.807, 2.05) is 23.1 Å². The smallest absolute Gasteiger partial charge is 0.221 e. The van der Waals surface area contributed by atoms with Crippen LogP contribution in [0.25, 0.3) is 0 Å². The first kappa shape index (κ1) is 16.5. The van der Waals surface area contributed by atoms with Crippen molar-refractivity contribution in [2.75, 3.05) is 40.3 Å². The maximum atomic E-state index is 12.1. The monoisotopic (exact) mass is 319 g/mol. The number of hydrogen-bond donors (Lipinski definition) is 1. The summed E-state index contributed by atoms with van der Waals surface area (Å²) < 4.78 is 1.98. The number of aromatic nitrogens is 2. The number of carbonyl (C=O) groups is 1. The third kappa shape index (κ3) is 4.54. The molecule has 2 fully saturated rings. The first-order chi connectivity index (χ1) is 11.1. The van der Waals surface area contributed by atoms with Gasteiger partial charge in [-0.3, -0.25) is 9.48 Å². The summed E-state index contributed by atoms with van der Waals surface area (Å²) in [7, 11) is 4.30. The summed E-state index contributed by atoms with van der Waals surface area (Å²) in [6, 6.07) is 2.55. The highest BCUT2D eigenvalue weighted by Crippen LogP contribution is 2.46. The molecular formula is C17H29N5O. The summed E-state index contributed by atoms with van der Waals surface area (Å²) in [6.07, 6.45) is 7.97. The number of nitrogens with one attached hydrogen (secondary N) is 1. The van der Waals surface area contributed by atoms with Gasteiger partial charge in [0.15, 0.2) is 0 Å². The number of likely N-dealkylation sites (N-methyl/N-ethyl adjacent to an activating group) is 2. The summed E-state index contributed by atoms with van der Waals surface area (Å²) in [5.41, 5.74) is 0.238. The Morgan fingerprint density at radius 3 is 2.91 bits per heavy atom. The van der Waals surface area contributed by atoms with Crippen LogP contribution in [0.1, 0.15) is 25.7 Å². The van der Waals surface area contributed by atoms with Gasteiger partial charge in [-0.05, 0) is 46.0 Å². The molecule has 1 atom stereocenters. The zero-order chi connectivity index (χ0) is 16.3. The Morgan fingerprint density at radius 2 is 2.30 bits per heavy atom. The van der Waals surface area contributed by atoms with Gasteiger partial charge in [0.25, 0.3) is 0 Å². The van der Waals surface area contributed by atoms with Crippen LogP contribution in [0.2, 0.25) is 0 Å². The lowest BCUT2D eigenvalue weighted by atomic mass is 10.1. The van der Waals surface area contributed by atoms with Crippen LogP contribution in [0.3, 0.4) is 0 Å². The van der Waals surface area contributed by atoms with Crippen molar-refractivity contribution in [2.45, 2.75) is 38.3 Å². The maximum absolute atomic E-state index is 12.1. The molecule has 0 unspecified atom stereocenters.